The van der Waals surface area contributed by atoms with Crippen LogP contribution in [-0.2, 0) is 19.1 Å². The summed E-state index contributed by atoms with van der Waals surface area (Å²) in [5, 5.41) is 5.85. The average molecular weight is 481 g/mol. The van der Waals surface area contributed by atoms with Gasteiger partial charge in [0.05, 0.1) is 0 Å². The Morgan fingerprint density at radius 3 is 2.26 bits per heavy atom. The van der Waals surface area contributed by atoms with Gasteiger partial charge in [-0.1, -0.05) is 29.8 Å². The van der Waals surface area contributed by atoms with Crippen molar-refractivity contribution >= 4 is 40.8 Å². The molecule has 8 heteroatoms. The van der Waals surface area contributed by atoms with E-state index in [0.29, 0.717) is 28.6 Å². The molecule has 3 aromatic carbocycles. The van der Waals surface area contributed by atoms with Crippen LogP contribution in [0.5, 0.6) is 11.5 Å². The van der Waals surface area contributed by atoms with Gasteiger partial charge in [0.15, 0.2) is 6.61 Å². The van der Waals surface area contributed by atoms with E-state index in [9.17, 15) is 14.4 Å². The molecule has 0 spiro atoms. The molecule has 34 heavy (non-hydrogen) atoms. The molecule has 0 saturated heterocycles. The molecule has 0 aliphatic rings. The Hall–Kier alpha value is -3.84. The second-order valence-electron chi connectivity index (χ2n) is 7.56. The van der Waals surface area contributed by atoms with Crippen LogP contribution in [0.1, 0.15) is 24.8 Å². The third-order valence-corrected chi connectivity index (χ3v) is 4.86. The maximum atomic E-state index is 12.1. The van der Waals surface area contributed by atoms with Crippen molar-refractivity contribution in [3.63, 3.8) is 0 Å². The first kappa shape index (κ1) is 24.8. The predicted molar refractivity (Wildman–Crippen MR) is 131 cm³/mol. The molecule has 0 aliphatic heterocycles. The van der Waals surface area contributed by atoms with Crippen molar-refractivity contribution in [2.24, 2.45) is 0 Å². The van der Waals surface area contributed by atoms with Gasteiger partial charge in [-0.25, -0.2) is 0 Å². The van der Waals surface area contributed by atoms with Gasteiger partial charge in [-0.15, -0.1) is 0 Å². The fourth-order valence-corrected chi connectivity index (χ4v) is 3.21. The van der Waals surface area contributed by atoms with Crippen molar-refractivity contribution < 1.29 is 23.9 Å². The third-order valence-electron chi connectivity index (χ3n) is 4.62. The molecule has 2 amide bonds. The number of nitrogens with one attached hydrogen (secondary N) is 2. The predicted octanol–water partition coefficient (Wildman–Crippen LogP) is 5.73. The summed E-state index contributed by atoms with van der Waals surface area (Å²) in [5.74, 6) is 0.157. The minimum atomic E-state index is -0.549. The van der Waals surface area contributed by atoms with E-state index in [0.717, 1.165) is 11.3 Å². The van der Waals surface area contributed by atoms with E-state index < -0.39 is 18.5 Å². The first-order valence-electron chi connectivity index (χ1n) is 10.7. The van der Waals surface area contributed by atoms with Crippen LogP contribution in [0.2, 0.25) is 5.02 Å². The number of esters is 1. The van der Waals surface area contributed by atoms with Gasteiger partial charge in [-0.2, -0.15) is 0 Å². The number of aryl methyl sites for hydroxylation is 1. The number of carbonyl (C=O) groups is 3. The van der Waals surface area contributed by atoms with E-state index in [1.54, 1.807) is 48.5 Å². The Morgan fingerprint density at radius 1 is 0.794 bits per heavy atom. The number of ether oxygens (including phenoxy) is 2. The molecule has 0 aromatic heterocycles. The molecule has 0 unspecified atom stereocenters. The van der Waals surface area contributed by atoms with Gasteiger partial charge in [0.1, 0.15) is 11.5 Å². The van der Waals surface area contributed by atoms with Gasteiger partial charge in [-0.3, -0.25) is 14.4 Å². The monoisotopic (exact) mass is 480 g/mol. The van der Waals surface area contributed by atoms with Crippen LogP contribution < -0.4 is 15.4 Å². The lowest BCUT2D eigenvalue weighted by Gasteiger charge is -2.09. The maximum Gasteiger partial charge on any atom is 0.306 e. The molecule has 3 rings (SSSR count). The second-order valence-corrected chi connectivity index (χ2v) is 8.00. The highest BCUT2D eigenvalue weighted by atomic mass is 35.5. The van der Waals surface area contributed by atoms with Crippen LogP contribution in [0.15, 0.2) is 72.8 Å². The summed E-state index contributed by atoms with van der Waals surface area (Å²) in [6.07, 6.45) is 0.474. The number of amides is 2. The summed E-state index contributed by atoms with van der Waals surface area (Å²) in [4.78, 5) is 35.8. The molecule has 0 fully saturated rings. The molecular formula is C26H25ClN2O5. The highest BCUT2D eigenvalue weighted by molar-refractivity contribution is 6.30. The molecule has 7 nitrogen and oxygen atoms in total. The average Bonchev–Trinajstić information content (AvgIpc) is 2.79. The van der Waals surface area contributed by atoms with E-state index in [4.69, 9.17) is 21.1 Å². The number of carbonyl (C=O) groups excluding carboxylic acids is 3. The molecule has 2 N–H and O–H groups in total. The summed E-state index contributed by atoms with van der Waals surface area (Å²) in [7, 11) is 0. The number of rotatable bonds is 10. The van der Waals surface area contributed by atoms with Gasteiger partial charge in [0, 0.05) is 29.2 Å². The van der Waals surface area contributed by atoms with Gasteiger partial charge in [0.2, 0.25) is 5.91 Å². The third kappa shape index (κ3) is 8.60. The van der Waals surface area contributed by atoms with Gasteiger partial charge < -0.3 is 20.1 Å². The largest absolute Gasteiger partial charge is 0.457 e. The Labute approximate surface area is 203 Å². The zero-order valence-electron chi connectivity index (χ0n) is 18.7. The van der Waals surface area contributed by atoms with Crippen LogP contribution in [0.25, 0.3) is 0 Å². The summed E-state index contributed by atoms with van der Waals surface area (Å²) in [5.41, 5.74) is 2.24. The van der Waals surface area contributed by atoms with Crippen LogP contribution in [0.3, 0.4) is 0 Å². The van der Waals surface area contributed by atoms with Gasteiger partial charge in [-0.05, 0) is 73.5 Å². The lowest BCUT2D eigenvalue weighted by atomic mass is 10.2. The fourth-order valence-electron chi connectivity index (χ4n) is 3.02. The molecule has 0 radical (unpaired) electrons. The Morgan fingerprint density at radius 2 is 1.53 bits per heavy atom. The molecule has 0 aliphatic carbocycles. The topological polar surface area (TPSA) is 93.7 Å². The second kappa shape index (κ2) is 12.4. The van der Waals surface area contributed by atoms with Crippen molar-refractivity contribution in [1.29, 1.82) is 0 Å². The quantitative estimate of drug-likeness (QED) is 0.361. The van der Waals surface area contributed by atoms with Crippen LogP contribution in [0.4, 0.5) is 11.4 Å². The minimum absolute atomic E-state index is 0.0289. The smallest absolute Gasteiger partial charge is 0.306 e. The van der Waals surface area contributed by atoms with Crippen LogP contribution >= 0.6 is 11.6 Å². The molecule has 176 valence electrons. The van der Waals surface area contributed by atoms with E-state index in [-0.39, 0.29) is 18.7 Å². The number of hydrogen-bond acceptors (Lipinski definition) is 5. The van der Waals surface area contributed by atoms with Crippen molar-refractivity contribution in [2.45, 2.75) is 26.2 Å². The molecule has 3 aromatic rings. The van der Waals surface area contributed by atoms with Crippen LogP contribution in [-0.4, -0.2) is 24.4 Å². The standard InChI is InChI=1S/C26H25ClN2O5/c1-18-5-2-8-23(15-18)34-22-13-11-20(12-14-22)28-24(30)9-4-10-26(32)33-17-25(31)29-21-7-3-6-19(27)16-21/h2-3,5-8,11-16H,4,9-10,17H2,1H3,(H,28,30)(H,29,31). The van der Waals surface area contributed by atoms with E-state index in [1.165, 1.54) is 0 Å². The number of benzene rings is 3. The summed E-state index contributed by atoms with van der Waals surface area (Å²) >= 11 is 5.86. The lowest BCUT2D eigenvalue weighted by Crippen LogP contribution is -2.21. The molecule has 0 bridgehead atoms. The molecule has 0 atom stereocenters. The number of hydrogen-bond donors (Lipinski definition) is 2. The molecule has 0 saturated carbocycles. The van der Waals surface area contributed by atoms with Crippen LogP contribution in [0, 0.1) is 6.92 Å². The van der Waals surface area contributed by atoms with E-state index in [2.05, 4.69) is 10.6 Å². The summed E-state index contributed by atoms with van der Waals surface area (Å²) in [6.45, 7) is 1.58. The van der Waals surface area contributed by atoms with Gasteiger partial charge >= 0.3 is 5.97 Å². The SMILES string of the molecule is Cc1cccc(Oc2ccc(NC(=O)CCCC(=O)OCC(=O)Nc3cccc(Cl)c3)cc2)c1. The first-order chi connectivity index (χ1) is 16.4. The summed E-state index contributed by atoms with van der Waals surface area (Å²) < 4.78 is 10.7. The highest BCUT2D eigenvalue weighted by Gasteiger charge is 2.10. The van der Waals surface area contributed by atoms with E-state index in [1.807, 2.05) is 31.2 Å². The van der Waals surface area contributed by atoms with Crippen molar-refractivity contribution in [3.05, 3.63) is 83.4 Å². The summed E-state index contributed by atoms with van der Waals surface area (Å²) in [6, 6.07) is 21.4. The zero-order valence-corrected chi connectivity index (χ0v) is 19.4. The Kier molecular flexibility index (Phi) is 9.05. The zero-order chi connectivity index (χ0) is 24.3. The lowest BCUT2D eigenvalue weighted by molar-refractivity contribution is -0.147. The first-order valence-corrected chi connectivity index (χ1v) is 11.1. The molecule has 0 heterocycles. The Bertz CT molecular complexity index is 1150. The van der Waals surface area contributed by atoms with Crippen molar-refractivity contribution in [2.75, 3.05) is 17.2 Å². The highest BCUT2D eigenvalue weighted by Crippen LogP contribution is 2.23. The van der Waals surface area contributed by atoms with Crippen molar-refractivity contribution in [3.8, 4) is 11.5 Å². The minimum Gasteiger partial charge on any atom is -0.457 e. The Balaban J connectivity index is 1.33. The maximum absolute atomic E-state index is 12.1. The van der Waals surface area contributed by atoms with E-state index >= 15 is 0 Å². The normalized spacial score (nSPS) is 10.3. The fraction of sp³-hybridized carbons (Fsp3) is 0.192. The van der Waals surface area contributed by atoms with Gasteiger partial charge in [0.25, 0.3) is 5.91 Å². The number of halogens is 1. The van der Waals surface area contributed by atoms with Crippen molar-refractivity contribution in [1.82, 2.24) is 0 Å². The molecular weight excluding hydrogens is 456 g/mol. The number of anilines is 2.